The van der Waals surface area contributed by atoms with Crippen LogP contribution >= 0.6 is 11.6 Å². The Hall–Kier alpha value is -0.570. The fourth-order valence-corrected chi connectivity index (χ4v) is 2.06. The summed E-state index contributed by atoms with van der Waals surface area (Å²) in [6.07, 6.45) is 1.29. The zero-order chi connectivity index (χ0) is 9.97. The van der Waals surface area contributed by atoms with Gasteiger partial charge in [-0.05, 0) is 24.1 Å². The third-order valence-electron chi connectivity index (χ3n) is 2.79. The molecule has 1 aliphatic rings. The number of benzene rings is 1. The minimum absolute atomic E-state index is 0.349. The van der Waals surface area contributed by atoms with Crippen LogP contribution in [0, 0.1) is 0 Å². The average Bonchev–Trinajstić information content (AvgIpc) is 2.10. The van der Waals surface area contributed by atoms with E-state index in [0.717, 1.165) is 18.1 Å². The Morgan fingerprint density at radius 3 is 2.71 bits per heavy atom. The van der Waals surface area contributed by atoms with Crippen molar-refractivity contribution in [3.05, 3.63) is 34.9 Å². The van der Waals surface area contributed by atoms with Gasteiger partial charge in [-0.15, -0.1) is 0 Å². The lowest BCUT2D eigenvalue weighted by Crippen LogP contribution is -2.43. The van der Waals surface area contributed by atoms with E-state index in [0.29, 0.717) is 12.6 Å². The first-order valence-electron chi connectivity index (χ1n) is 5.01. The summed E-state index contributed by atoms with van der Waals surface area (Å²) < 4.78 is 0. The van der Waals surface area contributed by atoms with Gasteiger partial charge in [-0.25, -0.2) is 0 Å². The fourth-order valence-electron chi connectivity index (χ4n) is 1.86. The number of nitrogens with zero attached hydrogens (tertiary/aromatic N) is 1. The zero-order valence-corrected chi connectivity index (χ0v) is 8.87. The molecule has 1 heterocycles. The molecule has 1 atom stereocenters. The van der Waals surface area contributed by atoms with E-state index in [1.807, 2.05) is 18.2 Å². The van der Waals surface area contributed by atoms with Crippen LogP contribution in [0.5, 0.6) is 0 Å². The van der Waals surface area contributed by atoms with E-state index in [1.54, 1.807) is 0 Å². The quantitative estimate of drug-likeness (QED) is 0.828. The smallest absolute Gasteiger partial charge is 0.0471 e. The van der Waals surface area contributed by atoms with E-state index in [-0.39, 0.29) is 0 Å². The largest absolute Gasteiger partial charge is 0.329 e. The molecule has 0 aliphatic carbocycles. The van der Waals surface area contributed by atoms with Gasteiger partial charge in [0.05, 0.1) is 0 Å². The maximum absolute atomic E-state index is 5.95. The Kier molecular flexibility index (Phi) is 3.06. The summed E-state index contributed by atoms with van der Waals surface area (Å²) in [5.41, 5.74) is 7.02. The first kappa shape index (κ1) is 9.97. The van der Waals surface area contributed by atoms with Crippen LogP contribution in [0.2, 0.25) is 5.02 Å². The molecule has 0 bridgehead atoms. The fraction of sp³-hybridized carbons (Fsp3) is 0.455. The number of hydrogen-bond acceptors (Lipinski definition) is 2. The molecule has 1 aliphatic heterocycles. The van der Waals surface area contributed by atoms with Crippen molar-refractivity contribution in [2.45, 2.75) is 12.5 Å². The Morgan fingerprint density at radius 2 is 2.21 bits per heavy atom. The maximum Gasteiger partial charge on any atom is 0.0471 e. The second-order valence-corrected chi connectivity index (χ2v) is 4.13. The average molecular weight is 211 g/mol. The van der Waals surface area contributed by atoms with E-state index >= 15 is 0 Å². The minimum Gasteiger partial charge on any atom is -0.329 e. The minimum atomic E-state index is 0.349. The normalized spacial score (nSPS) is 19.0. The SMILES string of the molecule is NCC(c1cccc(Cl)c1)N1CCC1. The lowest BCUT2D eigenvalue weighted by atomic mass is 10.0. The number of likely N-dealkylation sites (tertiary alicyclic amines) is 1. The van der Waals surface area contributed by atoms with Gasteiger partial charge < -0.3 is 5.73 Å². The monoisotopic (exact) mass is 210 g/mol. The lowest BCUT2D eigenvalue weighted by molar-refractivity contribution is 0.122. The van der Waals surface area contributed by atoms with Crippen molar-refractivity contribution in [2.75, 3.05) is 19.6 Å². The summed E-state index contributed by atoms with van der Waals surface area (Å²) in [5.74, 6) is 0. The number of halogens is 1. The van der Waals surface area contributed by atoms with Crippen LogP contribution in [0.25, 0.3) is 0 Å². The molecule has 0 amide bonds. The summed E-state index contributed by atoms with van der Waals surface area (Å²) in [6.45, 7) is 2.99. The summed E-state index contributed by atoms with van der Waals surface area (Å²) in [5, 5.41) is 0.793. The van der Waals surface area contributed by atoms with Crippen molar-refractivity contribution < 1.29 is 0 Å². The van der Waals surface area contributed by atoms with Gasteiger partial charge in [0, 0.05) is 30.7 Å². The van der Waals surface area contributed by atoms with Crippen LogP contribution in [-0.2, 0) is 0 Å². The van der Waals surface area contributed by atoms with Gasteiger partial charge in [0.25, 0.3) is 0 Å². The maximum atomic E-state index is 5.95. The Balaban J connectivity index is 2.17. The molecule has 2 N–H and O–H groups in total. The van der Waals surface area contributed by atoms with Gasteiger partial charge in [0.15, 0.2) is 0 Å². The van der Waals surface area contributed by atoms with Gasteiger partial charge in [-0.1, -0.05) is 23.7 Å². The molecule has 14 heavy (non-hydrogen) atoms. The molecule has 1 saturated heterocycles. The molecule has 1 unspecified atom stereocenters. The number of hydrogen-bond donors (Lipinski definition) is 1. The molecule has 0 saturated carbocycles. The van der Waals surface area contributed by atoms with Crippen molar-refractivity contribution in [3.8, 4) is 0 Å². The van der Waals surface area contributed by atoms with Crippen LogP contribution < -0.4 is 5.73 Å². The standard InChI is InChI=1S/C11H15ClN2/c12-10-4-1-3-9(7-10)11(8-13)14-5-2-6-14/h1,3-4,7,11H,2,5-6,8,13H2. The van der Waals surface area contributed by atoms with E-state index in [2.05, 4.69) is 11.0 Å². The van der Waals surface area contributed by atoms with Gasteiger partial charge >= 0.3 is 0 Å². The first-order valence-corrected chi connectivity index (χ1v) is 5.38. The predicted octanol–water partition coefficient (Wildman–Crippen LogP) is 2.05. The molecule has 2 rings (SSSR count). The van der Waals surface area contributed by atoms with Crippen LogP contribution in [0.1, 0.15) is 18.0 Å². The topological polar surface area (TPSA) is 29.3 Å². The molecule has 1 fully saturated rings. The third-order valence-corrected chi connectivity index (χ3v) is 3.02. The Labute approximate surface area is 89.7 Å². The molecule has 3 heteroatoms. The first-order chi connectivity index (χ1) is 6.81. The van der Waals surface area contributed by atoms with Crippen molar-refractivity contribution >= 4 is 11.6 Å². The number of nitrogens with two attached hydrogens (primary N) is 1. The highest BCUT2D eigenvalue weighted by atomic mass is 35.5. The van der Waals surface area contributed by atoms with E-state index in [9.17, 15) is 0 Å². The third kappa shape index (κ3) is 1.92. The predicted molar refractivity (Wildman–Crippen MR) is 59.4 cm³/mol. The highest BCUT2D eigenvalue weighted by Gasteiger charge is 2.23. The van der Waals surface area contributed by atoms with Gasteiger partial charge in [0.2, 0.25) is 0 Å². The second kappa shape index (κ2) is 4.30. The van der Waals surface area contributed by atoms with Crippen LogP contribution in [0.15, 0.2) is 24.3 Å². The summed E-state index contributed by atoms with van der Waals surface area (Å²) in [6, 6.07) is 8.34. The van der Waals surface area contributed by atoms with Crippen molar-refractivity contribution in [2.24, 2.45) is 5.73 Å². The van der Waals surface area contributed by atoms with E-state index in [1.165, 1.54) is 12.0 Å². The van der Waals surface area contributed by atoms with Crippen LogP contribution in [0.3, 0.4) is 0 Å². The molecule has 1 aromatic carbocycles. The summed E-state index contributed by atoms with van der Waals surface area (Å²) in [7, 11) is 0. The number of rotatable bonds is 3. The Morgan fingerprint density at radius 1 is 1.43 bits per heavy atom. The van der Waals surface area contributed by atoms with Crippen LogP contribution in [0.4, 0.5) is 0 Å². The highest BCUT2D eigenvalue weighted by molar-refractivity contribution is 6.30. The summed E-state index contributed by atoms with van der Waals surface area (Å²) in [4.78, 5) is 2.39. The molecular weight excluding hydrogens is 196 g/mol. The van der Waals surface area contributed by atoms with Gasteiger partial charge in [-0.2, -0.15) is 0 Å². The van der Waals surface area contributed by atoms with Gasteiger partial charge in [-0.3, -0.25) is 4.90 Å². The van der Waals surface area contributed by atoms with Crippen molar-refractivity contribution in [3.63, 3.8) is 0 Å². The Bertz CT molecular complexity index is 310. The molecule has 1 aromatic rings. The van der Waals surface area contributed by atoms with Crippen LogP contribution in [-0.4, -0.2) is 24.5 Å². The molecular formula is C11H15ClN2. The zero-order valence-electron chi connectivity index (χ0n) is 8.12. The van der Waals surface area contributed by atoms with Crippen molar-refractivity contribution in [1.82, 2.24) is 4.90 Å². The molecule has 76 valence electrons. The molecule has 0 spiro atoms. The van der Waals surface area contributed by atoms with E-state index < -0.39 is 0 Å². The molecule has 0 aromatic heterocycles. The lowest BCUT2D eigenvalue weighted by Gasteiger charge is -2.38. The molecule has 0 radical (unpaired) electrons. The van der Waals surface area contributed by atoms with Crippen molar-refractivity contribution in [1.29, 1.82) is 0 Å². The van der Waals surface area contributed by atoms with Gasteiger partial charge in [0.1, 0.15) is 0 Å². The summed E-state index contributed by atoms with van der Waals surface area (Å²) >= 11 is 5.95. The molecule has 2 nitrogen and oxygen atoms in total. The van der Waals surface area contributed by atoms with E-state index in [4.69, 9.17) is 17.3 Å². The second-order valence-electron chi connectivity index (χ2n) is 3.70. The highest BCUT2D eigenvalue weighted by Crippen LogP contribution is 2.26.